The number of hydrogen-bond donors (Lipinski definition) is 2. The number of nitrogens with zero attached hydrogens (tertiary/aromatic N) is 4. The summed E-state index contributed by atoms with van der Waals surface area (Å²) in [5.41, 5.74) is 9.37. The lowest BCUT2D eigenvalue weighted by atomic mass is 9.91. The highest BCUT2D eigenvalue weighted by Gasteiger charge is 2.27. The molecule has 7 heteroatoms. The quantitative estimate of drug-likeness (QED) is 0.761. The van der Waals surface area contributed by atoms with Crippen LogP contribution in [0.3, 0.4) is 0 Å². The predicted molar refractivity (Wildman–Crippen MR) is 97.7 cm³/mol. The van der Waals surface area contributed by atoms with Gasteiger partial charge in [-0.3, -0.25) is 5.10 Å². The molecule has 1 fully saturated rings. The zero-order valence-electron chi connectivity index (χ0n) is 14.5. The van der Waals surface area contributed by atoms with Gasteiger partial charge in [-0.05, 0) is 44.0 Å². The number of fused-ring (bicyclic) bond motifs is 1. The number of rotatable bonds is 3. The normalized spacial score (nSPS) is 17.0. The molecule has 3 heterocycles. The monoisotopic (exact) mass is 338 g/mol. The molecule has 0 amide bonds. The molecule has 0 spiro atoms. The summed E-state index contributed by atoms with van der Waals surface area (Å²) in [7, 11) is 1.65. The van der Waals surface area contributed by atoms with Crippen molar-refractivity contribution in [3.8, 4) is 17.0 Å². The van der Waals surface area contributed by atoms with Crippen LogP contribution >= 0.6 is 0 Å². The first-order chi connectivity index (χ1) is 12.1. The Morgan fingerprint density at radius 2 is 1.92 bits per heavy atom. The molecule has 0 atom stereocenters. The molecule has 1 aliphatic heterocycles. The Morgan fingerprint density at radius 3 is 2.60 bits per heavy atom. The fourth-order valence-corrected chi connectivity index (χ4v) is 3.14. The third-order valence-electron chi connectivity index (χ3n) is 4.85. The highest BCUT2D eigenvalue weighted by atomic mass is 16.5. The van der Waals surface area contributed by atoms with Crippen LogP contribution in [0.5, 0.6) is 5.75 Å². The molecule has 0 aliphatic carbocycles. The number of aromatic amines is 1. The van der Waals surface area contributed by atoms with Gasteiger partial charge >= 0.3 is 0 Å². The van der Waals surface area contributed by atoms with E-state index in [4.69, 9.17) is 15.5 Å². The summed E-state index contributed by atoms with van der Waals surface area (Å²) >= 11 is 0. The molecule has 1 aliphatic rings. The molecular weight excluding hydrogens is 316 g/mol. The van der Waals surface area contributed by atoms with Crippen LogP contribution in [0.25, 0.3) is 22.4 Å². The zero-order chi connectivity index (χ0) is 17.4. The Hall–Kier alpha value is -2.67. The molecule has 4 rings (SSSR count). The number of methoxy groups -OCH3 is 1. The largest absolute Gasteiger partial charge is 0.497 e. The van der Waals surface area contributed by atoms with E-state index in [1.165, 1.54) is 0 Å². The van der Waals surface area contributed by atoms with Gasteiger partial charge in [0.1, 0.15) is 22.8 Å². The van der Waals surface area contributed by atoms with Crippen LogP contribution in [-0.2, 0) is 0 Å². The van der Waals surface area contributed by atoms with Crippen LogP contribution in [0.4, 0.5) is 5.82 Å². The summed E-state index contributed by atoms with van der Waals surface area (Å²) in [5, 5.41) is 7.41. The van der Waals surface area contributed by atoms with E-state index < -0.39 is 0 Å². The summed E-state index contributed by atoms with van der Waals surface area (Å²) in [6.45, 7) is 3.90. The van der Waals surface area contributed by atoms with E-state index in [9.17, 15) is 0 Å². The predicted octanol–water partition coefficient (Wildman–Crippen LogP) is 2.35. The minimum atomic E-state index is -0.0798. The lowest BCUT2D eigenvalue weighted by molar-refractivity contribution is 0.363. The van der Waals surface area contributed by atoms with Crippen LogP contribution in [0.2, 0.25) is 0 Å². The number of hydrogen-bond acceptors (Lipinski definition) is 6. The van der Waals surface area contributed by atoms with E-state index in [-0.39, 0.29) is 5.54 Å². The number of aromatic nitrogens is 4. The second kappa shape index (κ2) is 6.00. The molecule has 1 saturated heterocycles. The van der Waals surface area contributed by atoms with Gasteiger partial charge in [-0.25, -0.2) is 9.97 Å². The van der Waals surface area contributed by atoms with Crippen molar-refractivity contribution in [1.29, 1.82) is 0 Å². The molecule has 3 N–H and O–H groups in total. The topological polar surface area (TPSA) is 93.0 Å². The van der Waals surface area contributed by atoms with E-state index in [0.29, 0.717) is 5.65 Å². The molecule has 0 saturated carbocycles. The molecule has 25 heavy (non-hydrogen) atoms. The van der Waals surface area contributed by atoms with Crippen molar-refractivity contribution >= 4 is 17.0 Å². The first-order valence-electron chi connectivity index (χ1n) is 8.45. The SMILES string of the molecule is COc1ccc(-c2n[nH]c3nc(N4CCC(C)(N)CC4)cnc23)cc1. The lowest BCUT2D eigenvalue weighted by Gasteiger charge is -2.37. The number of piperidine rings is 1. The average Bonchev–Trinajstić information content (AvgIpc) is 3.05. The van der Waals surface area contributed by atoms with Crippen LogP contribution in [0.15, 0.2) is 30.5 Å². The molecule has 3 aromatic rings. The summed E-state index contributed by atoms with van der Waals surface area (Å²) in [4.78, 5) is 11.5. The van der Waals surface area contributed by atoms with Crippen LogP contribution in [-0.4, -0.2) is 45.9 Å². The standard InChI is InChI=1S/C18H22N6O/c1-18(19)7-9-24(10-8-18)14-11-20-16-15(22-23-17(16)21-14)12-3-5-13(25-2)6-4-12/h3-6,11H,7-10,19H2,1-2H3,(H,21,22,23). The van der Waals surface area contributed by atoms with Gasteiger partial charge in [0.05, 0.1) is 13.3 Å². The van der Waals surface area contributed by atoms with Crippen molar-refractivity contribution in [2.24, 2.45) is 5.73 Å². The van der Waals surface area contributed by atoms with Gasteiger partial charge in [0.15, 0.2) is 5.65 Å². The fraction of sp³-hybridized carbons (Fsp3) is 0.389. The van der Waals surface area contributed by atoms with E-state index in [1.807, 2.05) is 30.5 Å². The minimum absolute atomic E-state index is 0.0798. The zero-order valence-corrected chi connectivity index (χ0v) is 14.5. The van der Waals surface area contributed by atoms with Crippen molar-refractivity contribution in [3.63, 3.8) is 0 Å². The van der Waals surface area contributed by atoms with Gasteiger partial charge in [-0.1, -0.05) is 0 Å². The average molecular weight is 338 g/mol. The molecule has 7 nitrogen and oxygen atoms in total. The van der Waals surface area contributed by atoms with Gasteiger partial charge in [0.2, 0.25) is 0 Å². The number of anilines is 1. The van der Waals surface area contributed by atoms with Crippen molar-refractivity contribution in [1.82, 2.24) is 20.2 Å². The van der Waals surface area contributed by atoms with Crippen molar-refractivity contribution in [3.05, 3.63) is 30.5 Å². The number of benzene rings is 1. The van der Waals surface area contributed by atoms with E-state index in [0.717, 1.165) is 54.3 Å². The lowest BCUT2D eigenvalue weighted by Crippen LogP contribution is -2.48. The summed E-state index contributed by atoms with van der Waals surface area (Å²) in [6, 6.07) is 7.76. The second-order valence-corrected chi connectivity index (χ2v) is 6.87. The van der Waals surface area contributed by atoms with Crippen LogP contribution in [0, 0.1) is 0 Å². The molecule has 0 radical (unpaired) electrons. The molecular formula is C18H22N6O. The maximum Gasteiger partial charge on any atom is 0.177 e. The Kier molecular flexibility index (Phi) is 3.80. The van der Waals surface area contributed by atoms with Gasteiger partial charge in [0, 0.05) is 24.2 Å². The van der Waals surface area contributed by atoms with Gasteiger partial charge in [-0.2, -0.15) is 5.10 Å². The molecule has 0 bridgehead atoms. The Balaban J connectivity index is 1.62. The van der Waals surface area contributed by atoms with Crippen molar-refractivity contribution in [2.75, 3.05) is 25.1 Å². The first kappa shape index (κ1) is 15.8. The smallest absolute Gasteiger partial charge is 0.177 e. The number of nitrogens with one attached hydrogen (secondary N) is 1. The maximum atomic E-state index is 6.21. The van der Waals surface area contributed by atoms with Crippen LogP contribution in [0.1, 0.15) is 19.8 Å². The summed E-state index contributed by atoms with van der Waals surface area (Å²) < 4.78 is 5.20. The Bertz CT molecular complexity index is 876. The van der Waals surface area contributed by atoms with E-state index in [1.54, 1.807) is 7.11 Å². The third-order valence-corrected chi connectivity index (χ3v) is 4.85. The van der Waals surface area contributed by atoms with Gasteiger partial charge in [0.25, 0.3) is 0 Å². The van der Waals surface area contributed by atoms with Crippen molar-refractivity contribution < 1.29 is 4.74 Å². The summed E-state index contributed by atoms with van der Waals surface area (Å²) in [5.74, 6) is 1.68. The number of H-pyrrole nitrogens is 1. The van der Waals surface area contributed by atoms with Crippen LogP contribution < -0.4 is 15.4 Å². The molecule has 0 unspecified atom stereocenters. The summed E-state index contributed by atoms with van der Waals surface area (Å²) in [6.07, 6.45) is 3.73. The Labute approximate surface area is 146 Å². The first-order valence-corrected chi connectivity index (χ1v) is 8.45. The molecule has 130 valence electrons. The Morgan fingerprint density at radius 1 is 1.20 bits per heavy atom. The molecule has 1 aromatic carbocycles. The number of ether oxygens (including phenoxy) is 1. The van der Waals surface area contributed by atoms with Gasteiger partial charge in [-0.15, -0.1) is 0 Å². The second-order valence-electron chi connectivity index (χ2n) is 6.87. The van der Waals surface area contributed by atoms with E-state index in [2.05, 4.69) is 27.0 Å². The van der Waals surface area contributed by atoms with Gasteiger partial charge < -0.3 is 15.4 Å². The van der Waals surface area contributed by atoms with E-state index >= 15 is 0 Å². The fourth-order valence-electron chi connectivity index (χ4n) is 3.14. The molecule has 2 aromatic heterocycles. The minimum Gasteiger partial charge on any atom is -0.497 e. The highest BCUT2D eigenvalue weighted by Crippen LogP contribution is 2.28. The van der Waals surface area contributed by atoms with Crippen molar-refractivity contribution in [2.45, 2.75) is 25.3 Å². The highest BCUT2D eigenvalue weighted by molar-refractivity contribution is 5.87. The third kappa shape index (κ3) is 3.02. The maximum absolute atomic E-state index is 6.21. The number of nitrogens with two attached hydrogens (primary N) is 1.